The van der Waals surface area contributed by atoms with Gasteiger partial charge in [-0.2, -0.15) is 0 Å². The number of carbonyl (C=O) groups excluding carboxylic acids is 2. The van der Waals surface area contributed by atoms with Gasteiger partial charge >= 0.3 is 6.03 Å². The summed E-state index contributed by atoms with van der Waals surface area (Å²) in [7, 11) is 1.76. The zero-order valence-electron chi connectivity index (χ0n) is 15.8. The van der Waals surface area contributed by atoms with Crippen molar-refractivity contribution in [1.29, 1.82) is 0 Å². The number of aryl methyl sites for hydroxylation is 1. The molecule has 27 heavy (non-hydrogen) atoms. The highest BCUT2D eigenvalue weighted by Crippen LogP contribution is 2.30. The molecule has 1 aromatic rings. The molecule has 0 saturated carbocycles. The zero-order valence-corrected chi connectivity index (χ0v) is 18.1. The molecule has 2 aliphatic rings. The number of halogens is 1. The van der Waals surface area contributed by atoms with Crippen LogP contribution in [0.4, 0.5) is 4.79 Å². The van der Waals surface area contributed by atoms with Crippen LogP contribution in [0, 0.1) is 12.8 Å². The van der Waals surface area contributed by atoms with E-state index in [-0.39, 0.29) is 35.8 Å². The molecule has 0 aromatic carbocycles. The number of imide groups is 1. The van der Waals surface area contributed by atoms with E-state index >= 15 is 0 Å². The minimum atomic E-state index is -0.821. The molecule has 148 valence electrons. The van der Waals surface area contributed by atoms with Crippen molar-refractivity contribution in [3.8, 4) is 0 Å². The molecule has 0 spiro atoms. The molecule has 2 fully saturated rings. The summed E-state index contributed by atoms with van der Waals surface area (Å²) in [4.78, 5) is 38.6. The number of rotatable bonds is 3. The summed E-state index contributed by atoms with van der Waals surface area (Å²) in [5.74, 6) is 1.42. The number of aliphatic imine (C=N–C) groups is 1. The van der Waals surface area contributed by atoms with Gasteiger partial charge in [0.25, 0.3) is 5.91 Å². The molecular formula is C17H26IN7O2. The van der Waals surface area contributed by atoms with Crippen molar-refractivity contribution in [2.75, 3.05) is 20.1 Å². The number of carbonyl (C=O) groups is 2. The Morgan fingerprint density at radius 1 is 1.41 bits per heavy atom. The maximum absolute atomic E-state index is 12.1. The van der Waals surface area contributed by atoms with E-state index in [0.717, 1.165) is 43.4 Å². The lowest BCUT2D eigenvalue weighted by atomic mass is 9.79. The summed E-state index contributed by atoms with van der Waals surface area (Å²) in [5, 5.41) is 8.45. The number of nitrogens with one attached hydrogen (secondary N) is 3. The van der Waals surface area contributed by atoms with Crippen molar-refractivity contribution >= 4 is 41.9 Å². The van der Waals surface area contributed by atoms with Gasteiger partial charge in [0.05, 0.1) is 12.2 Å². The quantitative estimate of drug-likeness (QED) is 0.252. The van der Waals surface area contributed by atoms with Crippen molar-refractivity contribution < 1.29 is 9.59 Å². The Morgan fingerprint density at radius 2 is 2.11 bits per heavy atom. The second-order valence-corrected chi connectivity index (χ2v) is 6.87. The van der Waals surface area contributed by atoms with Gasteiger partial charge in [0.2, 0.25) is 0 Å². The molecule has 3 amide bonds. The number of nitrogens with zero attached hydrogens (tertiary/aromatic N) is 4. The van der Waals surface area contributed by atoms with Crippen LogP contribution < -0.4 is 16.0 Å². The van der Waals surface area contributed by atoms with Crippen LogP contribution in [0.25, 0.3) is 0 Å². The number of guanidine groups is 1. The Balaban J connectivity index is 0.00000261. The lowest BCUT2D eigenvalue weighted by Crippen LogP contribution is -2.55. The lowest BCUT2D eigenvalue weighted by molar-refractivity contribution is -0.125. The summed E-state index contributed by atoms with van der Waals surface area (Å²) in [6.45, 7) is 5.78. The summed E-state index contributed by atoms with van der Waals surface area (Å²) in [6.07, 6.45) is 3.35. The Labute approximate surface area is 175 Å². The van der Waals surface area contributed by atoms with Crippen LogP contribution >= 0.6 is 24.0 Å². The maximum atomic E-state index is 12.1. The van der Waals surface area contributed by atoms with Gasteiger partial charge in [-0.15, -0.1) is 24.0 Å². The fourth-order valence-corrected chi connectivity index (χ4v) is 3.62. The third kappa shape index (κ3) is 4.66. The first kappa shape index (κ1) is 21.3. The molecule has 3 N–H and O–H groups in total. The zero-order chi connectivity index (χ0) is 18.7. The highest BCUT2D eigenvalue weighted by Gasteiger charge is 2.48. The van der Waals surface area contributed by atoms with Gasteiger partial charge in [-0.05, 0) is 38.7 Å². The number of likely N-dealkylation sites (tertiary alicyclic amines) is 1. The molecule has 3 rings (SSSR count). The number of amides is 3. The molecule has 9 nitrogen and oxygen atoms in total. The SMILES string of the molecule is CN=C(NCc1ccnc(C)n1)N1CCC(C2(C)NC(=O)NC2=O)CC1.I. The van der Waals surface area contributed by atoms with Crippen LogP contribution in [-0.2, 0) is 11.3 Å². The van der Waals surface area contributed by atoms with E-state index in [1.54, 1.807) is 20.2 Å². The van der Waals surface area contributed by atoms with E-state index in [9.17, 15) is 9.59 Å². The average Bonchev–Trinajstić information content (AvgIpc) is 2.89. The van der Waals surface area contributed by atoms with Crippen LogP contribution in [0.1, 0.15) is 31.3 Å². The van der Waals surface area contributed by atoms with Gasteiger partial charge < -0.3 is 15.5 Å². The van der Waals surface area contributed by atoms with Crippen molar-refractivity contribution in [1.82, 2.24) is 30.8 Å². The smallest absolute Gasteiger partial charge is 0.322 e. The third-order valence-corrected chi connectivity index (χ3v) is 5.16. The van der Waals surface area contributed by atoms with Crippen molar-refractivity contribution in [2.24, 2.45) is 10.9 Å². The predicted molar refractivity (Wildman–Crippen MR) is 112 cm³/mol. The summed E-state index contributed by atoms with van der Waals surface area (Å²) < 4.78 is 0. The monoisotopic (exact) mass is 487 g/mol. The second kappa shape index (κ2) is 8.81. The maximum Gasteiger partial charge on any atom is 0.322 e. The number of hydrogen-bond acceptors (Lipinski definition) is 5. The molecule has 0 bridgehead atoms. The molecule has 2 saturated heterocycles. The van der Waals surface area contributed by atoms with Crippen molar-refractivity contribution in [2.45, 2.75) is 38.8 Å². The van der Waals surface area contributed by atoms with Crippen LogP contribution in [0.2, 0.25) is 0 Å². The molecule has 1 atom stereocenters. The molecule has 10 heteroatoms. The molecule has 0 aliphatic carbocycles. The molecule has 1 aromatic heterocycles. The van der Waals surface area contributed by atoms with Crippen LogP contribution in [-0.4, -0.2) is 58.4 Å². The standard InChI is InChI=1S/C17H25N7O2.HI/c1-11-19-7-4-13(21-11)10-20-15(18-3)24-8-5-12(6-9-24)17(2)14(25)22-16(26)23-17;/h4,7,12H,5-6,8-10H2,1-3H3,(H,18,20)(H2,22,23,25,26);1H. The molecule has 1 unspecified atom stereocenters. The van der Waals surface area contributed by atoms with Gasteiger partial charge in [-0.25, -0.2) is 14.8 Å². The highest BCUT2D eigenvalue weighted by atomic mass is 127. The summed E-state index contributed by atoms with van der Waals surface area (Å²) in [5.41, 5.74) is 0.0879. The van der Waals surface area contributed by atoms with E-state index in [2.05, 4.69) is 35.8 Å². The van der Waals surface area contributed by atoms with Gasteiger partial charge in [0, 0.05) is 26.3 Å². The molecule has 2 aliphatic heterocycles. The number of aromatic nitrogens is 2. The first-order valence-corrected chi connectivity index (χ1v) is 8.80. The Bertz CT molecular complexity index is 734. The number of hydrogen-bond donors (Lipinski definition) is 3. The number of urea groups is 1. The Hall–Kier alpha value is -1.98. The highest BCUT2D eigenvalue weighted by molar-refractivity contribution is 14.0. The number of piperidine rings is 1. The first-order chi connectivity index (χ1) is 12.4. The van der Waals surface area contributed by atoms with E-state index in [4.69, 9.17) is 0 Å². The van der Waals surface area contributed by atoms with E-state index in [1.165, 1.54) is 0 Å². The lowest BCUT2D eigenvalue weighted by Gasteiger charge is -2.39. The minimum Gasteiger partial charge on any atom is -0.351 e. The molecule has 0 radical (unpaired) electrons. The average molecular weight is 487 g/mol. The Morgan fingerprint density at radius 3 is 2.67 bits per heavy atom. The van der Waals surface area contributed by atoms with Crippen molar-refractivity contribution in [3.05, 3.63) is 23.8 Å². The Kier molecular flexibility index (Phi) is 6.95. The second-order valence-electron chi connectivity index (χ2n) is 6.87. The summed E-state index contributed by atoms with van der Waals surface area (Å²) in [6, 6.07) is 1.47. The molecular weight excluding hydrogens is 461 g/mol. The van der Waals surface area contributed by atoms with Gasteiger partial charge in [0.15, 0.2) is 5.96 Å². The van der Waals surface area contributed by atoms with Gasteiger partial charge in [-0.1, -0.05) is 0 Å². The van der Waals surface area contributed by atoms with E-state index in [1.807, 2.05) is 13.0 Å². The largest absolute Gasteiger partial charge is 0.351 e. The fraction of sp³-hybridized carbons (Fsp3) is 0.588. The fourth-order valence-electron chi connectivity index (χ4n) is 3.62. The van der Waals surface area contributed by atoms with Crippen LogP contribution in [0.15, 0.2) is 17.3 Å². The van der Waals surface area contributed by atoms with Gasteiger partial charge in [-0.3, -0.25) is 15.1 Å². The van der Waals surface area contributed by atoms with Crippen LogP contribution in [0.3, 0.4) is 0 Å². The summed E-state index contributed by atoms with van der Waals surface area (Å²) >= 11 is 0. The molecule has 3 heterocycles. The minimum absolute atomic E-state index is 0. The van der Waals surface area contributed by atoms with E-state index < -0.39 is 11.6 Å². The van der Waals surface area contributed by atoms with Crippen molar-refractivity contribution in [3.63, 3.8) is 0 Å². The van der Waals surface area contributed by atoms with Gasteiger partial charge in [0.1, 0.15) is 11.4 Å². The normalized spacial score (nSPS) is 23.5. The first-order valence-electron chi connectivity index (χ1n) is 8.80. The predicted octanol–water partition coefficient (Wildman–Crippen LogP) is 0.789. The topological polar surface area (TPSA) is 112 Å². The van der Waals surface area contributed by atoms with E-state index in [0.29, 0.717) is 6.54 Å². The van der Waals surface area contributed by atoms with Crippen LogP contribution in [0.5, 0.6) is 0 Å². The third-order valence-electron chi connectivity index (χ3n) is 5.16.